The fraction of sp³-hybridized carbons (Fsp3) is 0.250. The van der Waals surface area contributed by atoms with Crippen LogP contribution in [0.15, 0.2) is 59.3 Å². The number of ether oxygens (including phenoxy) is 2. The fourth-order valence-electron chi connectivity index (χ4n) is 3.02. The van der Waals surface area contributed by atoms with Gasteiger partial charge in [0.1, 0.15) is 10.7 Å². The third-order valence-electron chi connectivity index (χ3n) is 4.63. The monoisotopic (exact) mass is 470 g/mol. The first-order chi connectivity index (χ1) is 15.9. The van der Waals surface area contributed by atoms with Crippen molar-refractivity contribution in [3.8, 4) is 0 Å². The van der Waals surface area contributed by atoms with Gasteiger partial charge < -0.3 is 14.8 Å². The maximum absolute atomic E-state index is 13.0. The van der Waals surface area contributed by atoms with Gasteiger partial charge in [-0.1, -0.05) is 31.5 Å². The summed E-state index contributed by atoms with van der Waals surface area (Å²) in [6.07, 6.45) is 1.39. The molecule has 2 aromatic rings. The summed E-state index contributed by atoms with van der Waals surface area (Å²) in [6, 6.07) is 12.2. The van der Waals surface area contributed by atoms with Crippen LogP contribution in [0.3, 0.4) is 0 Å². The van der Waals surface area contributed by atoms with Gasteiger partial charge in [-0.15, -0.1) is 0 Å². The standard InChI is InChI=1S/C24H23ClN2O6/c1-3-12-32-23(30)15-8-10-18(11-9-15)27-21(28)19(25)20(22(27)29)26-17-7-5-6-16(14-17)24(31)33-13-4-2/h5-11,14,26H,3-4,12-13H2,1-2H3. The van der Waals surface area contributed by atoms with E-state index in [1.54, 1.807) is 18.2 Å². The van der Waals surface area contributed by atoms with E-state index >= 15 is 0 Å². The van der Waals surface area contributed by atoms with Gasteiger partial charge in [-0.05, 0) is 55.3 Å². The minimum atomic E-state index is -0.705. The number of benzene rings is 2. The minimum absolute atomic E-state index is 0.118. The molecule has 0 radical (unpaired) electrons. The van der Waals surface area contributed by atoms with E-state index in [9.17, 15) is 19.2 Å². The van der Waals surface area contributed by atoms with Gasteiger partial charge in [0.15, 0.2) is 0 Å². The molecule has 1 N–H and O–H groups in total. The van der Waals surface area contributed by atoms with Gasteiger partial charge in [-0.3, -0.25) is 9.59 Å². The number of rotatable bonds is 9. The Morgan fingerprint density at radius 3 is 2.09 bits per heavy atom. The first-order valence-corrected chi connectivity index (χ1v) is 10.8. The molecule has 1 heterocycles. The number of imide groups is 1. The number of nitrogens with one attached hydrogen (secondary N) is 1. The SMILES string of the molecule is CCCOC(=O)c1ccc(N2C(=O)C(Cl)=C(Nc3cccc(C(=O)OCCC)c3)C2=O)cc1. The zero-order valence-corrected chi connectivity index (χ0v) is 19.0. The highest BCUT2D eigenvalue weighted by Crippen LogP contribution is 2.30. The zero-order chi connectivity index (χ0) is 24.0. The zero-order valence-electron chi connectivity index (χ0n) is 18.2. The molecule has 0 unspecified atom stereocenters. The summed E-state index contributed by atoms with van der Waals surface area (Å²) >= 11 is 6.17. The van der Waals surface area contributed by atoms with Crippen molar-refractivity contribution in [1.82, 2.24) is 0 Å². The first-order valence-electron chi connectivity index (χ1n) is 10.5. The third kappa shape index (κ3) is 5.40. The normalized spacial score (nSPS) is 13.4. The molecule has 2 aromatic carbocycles. The summed E-state index contributed by atoms with van der Waals surface area (Å²) in [6.45, 7) is 4.37. The molecular weight excluding hydrogens is 448 g/mol. The number of amides is 2. The van der Waals surface area contributed by atoms with Gasteiger partial charge >= 0.3 is 11.9 Å². The number of carbonyl (C=O) groups is 4. The van der Waals surface area contributed by atoms with Crippen molar-refractivity contribution in [2.24, 2.45) is 0 Å². The third-order valence-corrected chi connectivity index (χ3v) is 4.98. The second kappa shape index (κ2) is 10.8. The Morgan fingerprint density at radius 2 is 1.48 bits per heavy atom. The average Bonchev–Trinajstić information content (AvgIpc) is 3.04. The van der Waals surface area contributed by atoms with Crippen molar-refractivity contribution in [2.75, 3.05) is 23.4 Å². The van der Waals surface area contributed by atoms with E-state index in [1.807, 2.05) is 13.8 Å². The van der Waals surface area contributed by atoms with E-state index in [0.29, 0.717) is 42.9 Å². The highest BCUT2D eigenvalue weighted by molar-refractivity contribution is 6.53. The molecule has 0 bridgehead atoms. The second-order valence-corrected chi connectivity index (χ2v) is 7.54. The Morgan fingerprint density at radius 1 is 0.879 bits per heavy atom. The van der Waals surface area contributed by atoms with Gasteiger partial charge in [-0.2, -0.15) is 0 Å². The number of anilines is 2. The quantitative estimate of drug-likeness (QED) is 0.431. The van der Waals surface area contributed by atoms with Crippen molar-refractivity contribution in [2.45, 2.75) is 26.7 Å². The van der Waals surface area contributed by atoms with E-state index < -0.39 is 23.8 Å². The summed E-state index contributed by atoms with van der Waals surface area (Å²) in [7, 11) is 0. The lowest BCUT2D eigenvalue weighted by Gasteiger charge is -2.15. The van der Waals surface area contributed by atoms with Crippen LogP contribution in [0, 0.1) is 0 Å². The van der Waals surface area contributed by atoms with E-state index in [-0.39, 0.29) is 16.4 Å². The van der Waals surface area contributed by atoms with E-state index in [1.165, 1.54) is 30.3 Å². The molecule has 0 saturated heterocycles. The van der Waals surface area contributed by atoms with Gasteiger partial charge in [0, 0.05) is 5.69 Å². The predicted octanol–water partition coefficient (Wildman–Crippen LogP) is 4.26. The largest absolute Gasteiger partial charge is 0.462 e. The van der Waals surface area contributed by atoms with E-state index in [4.69, 9.17) is 21.1 Å². The number of hydrogen-bond acceptors (Lipinski definition) is 7. The highest BCUT2D eigenvalue weighted by atomic mass is 35.5. The summed E-state index contributed by atoms with van der Waals surface area (Å²) in [5, 5.41) is 2.54. The van der Waals surface area contributed by atoms with Gasteiger partial charge in [0.25, 0.3) is 11.8 Å². The Bertz CT molecular complexity index is 1110. The van der Waals surface area contributed by atoms with Crippen LogP contribution in [-0.2, 0) is 19.1 Å². The molecule has 8 nitrogen and oxygen atoms in total. The van der Waals surface area contributed by atoms with Crippen molar-refractivity contribution in [3.63, 3.8) is 0 Å². The van der Waals surface area contributed by atoms with Crippen LogP contribution in [0.4, 0.5) is 11.4 Å². The first kappa shape index (κ1) is 24.0. The van der Waals surface area contributed by atoms with Crippen molar-refractivity contribution in [3.05, 3.63) is 70.4 Å². The van der Waals surface area contributed by atoms with Gasteiger partial charge in [-0.25, -0.2) is 14.5 Å². The Balaban J connectivity index is 1.76. The van der Waals surface area contributed by atoms with Crippen LogP contribution in [0.1, 0.15) is 47.4 Å². The van der Waals surface area contributed by atoms with E-state index in [2.05, 4.69) is 5.32 Å². The Labute approximate surface area is 196 Å². The van der Waals surface area contributed by atoms with E-state index in [0.717, 1.165) is 4.90 Å². The molecule has 0 aliphatic carbocycles. The maximum atomic E-state index is 13.0. The molecule has 33 heavy (non-hydrogen) atoms. The summed E-state index contributed by atoms with van der Waals surface area (Å²) < 4.78 is 10.2. The molecule has 1 aliphatic heterocycles. The lowest BCUT2D eigenvalue weighted by atomic mass is 10.2. The number of carbonyl (C=O) groups excluding carboxylic acids is 4. The molecule has 172 valence electrons. The van der Waals surface area contributed by atoms with Gasteiger partial charge in [0.2, 0.25) is 0 Å². The molecular formula is C24H23ClN2O6. The molecule has 0 aromatic heterocycles. The van der Waals surface area contributed by atoms with Crippen LogP contribution in [0.2, 0.25) is 0 Å². The Hall–Kier alpha value is -3.65. The molecule has 0 spiro atoms. The highest BCUT2D eigenvalue weighted by Gasteiger charge is 2.39. The maximum Gasteiger partial charge on any atom is 0.338 e. The predicted molar refractivity (Wildman–Crippen MR) is 123 cm³/mol. The Kier molecular flexibility index (Phi) is 7.84. The number of halogens is 1. The molecule has 2 amide bonds. The van der Waals surface area contributed by atoms with Crippen LogP contribution in [0.25, 0.3) is 0 Å². The van der Waals surface area contributed by atoms with Gasteiger partial charge in [0.05, 0.1) is 30.0 Å². The van der Waals surface area contributed by atoms with Crippen molar-refractivity contribution >= 4 is 46.7 Å². The molecule has 0 saturated carbocycles. The smallest absolute Gasteiger partial charge is 0.338 e. The van der Waals surface area contributed by atoms with Crippen molar-refractivity contribution < 1.29 is 28.7 Å². The second-order valence-electron chi connectivity index (χ2n) is 7.16. The molecule has 1 aliphatic rings. The number of nitrogens with zero attached hydrogens (tertiary/aromatic N) is 1. The van der Waals surface area contributed by atoms with Crippen LogP contribution < -0.4 is 10.2 Å². The number of hydrogen-bond donors (Lipinski definition) is 1. The van der Waals surface area contributed by atoms with Crippen LogP contribution in [-0.4, -0.2) is 37.0 Å². The van der Waals surface area contributed by atoms with Crippen LogP contribution >= 0.6 is 11.6 Å². The lowest BCUT2D eigenvalue weighted by Crippen LogP contribution is -2.32. The summed E-state index contributed by atoms with van der Waals surface area (Å²) in [5.74, 6) is -2.35. The lowest BCUT2D eigenvalue weighted by molar-refractivity contribution is -0.120. The number of esters is 2. The summed E-state index contributed by atoms with van der Waals surface area (Å²) in [4.78, 5) is 50.6. The molecule has 0 fully saturated rings. The topological polar surface area (TPSA) is 102 Å². The molecule has 9 heteroatoms. The average molecular weight is 471 g/mol. The van der Waals surface area contributed by atoms with Crippen LogP contribution in [0.5, 0.6) is 0 Å². The molecule has 3 rings (SSSR count). The molecule has 0 atom stereocenters. The fourth-order valence-corrected chi connectivity index (χ4v) is 3.23. The summed E-state index contributed by atoms with van der Waals surface area (Å²) in [5.41, 5.74) is 1.13. The minimum Gasteiger partial charge on any atom is -0.462 e. The van der Waals surface area contributed by atoms with Crippen molar-refractivity contribution in [1.29, 1.82) is 0 Å².